The van der Waals surface area contributed by atoms with Crippen LogP contribution in [0.3, 0.4) is 0 Å². The van der Waals surface area contributed by atoms with E-state index in [1.807, 2.05) is 93.6 Å². The average molecular weight is 713 g/mol. The number of hydrogen-bond donors (Lipinski definition) is 2. The van der Waals surface area contributed by atoms with Crippen molar-refractivity contribution in [3.05, 3.63) is 95.6 Å². The first-order valence-corrected chi connectivity index (χ1v) is 18.1. The number of rotatable bonds is 14. The summed E-state index contributed by atoms with van der Waals surface area (Å²) in [6, 6.07) is 21.9. The van der Waals surface area contributed by atoms with Gasteiger partial charge in [0.15, 0.2) is 0 Å². The zero-order valence-electron chi connectivity index (χ0n) is 32.0. The van der Waals surface area contributed by atoms with Gasteiger partial charge in [-0.3, -0.25) is 14.4 Å². The molecule has 10 heteroatoms. The van der Waals surface area contributed by atoms with Gasteiger partial charge in [0.1, 0.15) is 17.7 Å². The fourth-order valence-corrected chi connectivity index (χ4v) is 6.59. The molecule has 4 amide bonds. The van der Waals surface area contributed by atoms with Crippen molar-refractivity contribution in [3.8, 4) is 0 Å². The first kappa shape index (κ1) is 40.1. The topological polar surface area (TPSA) is 117 Å². The summed E-state index contributed by atoms with van der Waals surface area (Å²) in [4.78, 5) is 57.8. The Bertz CT molecular complexity index is 1720. The summed E-state index contributed by atoms with van der Waals surface area (Å²) in [6.45, 7) is 12.0. The Morgan fingerprint density at radius 3 is 2.17 bits per heavy atom. The molecule has 0 aliphatic carbocycles. The largest absolute Gasteiger partial charge is 0.444 e. The van der Waals surface area contributed by atoms with Crippen LogP contribution >= 0.6 is 0 Å². The number of nitrogens with zero attached hydrogens (tertiary/aromatic N) is 2. The summed E-state index contributed by atoms with van der Waals surface area (Å²) in [5.41, 5.74) is 1.17. The zero-order valence-corrected chi connectivity index (χ0v) is 32.0. The molecule has 4 rings (SSSR count). The molecule has 1 fully saturated rings. The lowest BCUT2D eigenvalue weighted by Crippen LogP contribution is -2.56. The van der Waals surface area contributed by atoms with Gasteiger partial charge in [-0.05, 0) is 82.7 Å². The molecular formula is C42H56N4O6. The van der Waals surface area contributed by atoms with Gasteiger partial charge >= 0.3 is 6.09 Å². The Labute approximate surface area is 308 Å². The number of benzene rings is 3. The second-order valence-electron chi connectivity index (χ2n) is 15.6. The highest BCUT2D eigenvalue weighted by Crippen LogP contribution is 2.22. The summed E-state index contributed by atoms with van der Waals surface area (Å²) in [6.07, 6.45) is 3.67. The van der Waals surface area contributed by atoms with Crippen LogP contribution < -0.4 is 10.6 Å². The highest BCUT2D eigenvalue weighted by Gasteiger charge is 2.35. The Morgan fingerprint density at radius 2 is 1.52 bits per heavy atom. The number of nitrogens with one attached hydrogen (secondary N) is 2. The van der Waals surface area contributed by atoms with E-state index in [9.17, 15) is 19.2 Å². The smallest absolute Gasteiger partial charge is 0.408 e. The number of alkyl carbamates (subject to hydrolysis) is 1. The number of ether oxygens (including phenoxy) is 2. The molecule has 1 saturated heterocycles. The van der Waals surface area contributed by atoms with E-state index in [1.54, 1.807) is 34.9 Å². The molecular weight excluding hydrogens is 656 g/mol. The molecule has 3 atom stereocenters. The maximum Gasteiger partial charge on any atom is 0.408 e. The van der Waals surface area contributed by atoms with Crippen molar-refractivity contribution in [2.75, 3.05) is 27.2 Å². The molecule has 3 aromatic carbocycles. The van der Waals surface area contributed by atoms with Crippen molar-refractivity contribution in [1.29, 1.82) is 0 Å². The van der Waals surface area contributed by atoms with Crippen molar-refractivity contribution in [3.63, 3.8) is 0 Å². The summed E-state index contributed by atoms with van der Waals surface area (Å²) in [5, 5.41) is 8.01. The van der Waals surface area contributed by atoms with Crippen LogP contribution in [0.5, 0.6) is 0 Å². The third kappa shape index (κ3) is 11.9. The second-order valence-corrected chi connectivity index (χ2v) is 15.6. The van der Waals surface area contributed by atoms with Crippen LogP contribution in [-0.2, 0) is 36.7 Å². The molecule has 280 valence electrons. The van der Waals surface area contributed by atoms with E-state index < -0.39 is 29.3 Å². The van der Waals surface area contributed by atoms with E-state index in [0.717, 1.165) is 40.3 Å². The van der Waals surface area contributed by atoms with E-state index in [2.05, 4.69) is 10.6 Å². The summed E-state index contributed by atoms with van der Waals surface area (Å²) < 4.78 is 11.2. The lowest BCUT2D eigenvalue weighted by molar-refractivity contribution is -0.146. The van der Waals surface area contributed by atoms with E-state index in [1.165, 1.54) is 15.9 Å². The molecule has 1 aliphatic rings. The Kier molecular flexibility index (Phi) is 13.6. The molecule has 0 spiro atoms. The Balaban J connectivity index is 1.60. The predicted octanol–water partition coefficient (Wildman–Crippen LogP) is 6.21. The van der Waals surface area contributed by atoms with Gasteiger partial charge in [0.25, 0.3) is 0 Å². The Morgan fingerprint density at radius 1 is 0.865 bits per heavy atom. The monoisotopic (exact) mass is 712 g/mol. The lowest BCUT2D eigenvalue weighted by Gasteiger charge is -2.34. The molecule has 0 radical (unpaired) electrons. The molecule has 10 nitrogen and oxygen atoms in total. The molecule has 0 aromatic heterocycles. The Hall–Kier alpha value is -4.70. The summed E-state index contributed by atoms with van der Waals surface area (Å²) in [5.74, 6) is -0.986. The van der Waals surface area contributed by atoms with Crippen LogP contribution in [0.25, 0.3) is 10.8 Å². The van der Waals surface area contributed by atoms with Gasteiger partial charge in [-0.1, -0.05) is 78.4 Å². The van der Waals surface area contributed by atoms with Gasteiger partial charge in [0.05, 0.1) is 6.10 Å². The van der Waals surface area contributed by atoms with Crippen LogP contribution in [0.15, 0.2) is 84.4 Å². The van der Waals surface area contributed by atoms with Crippen molar-refractivity contribution in [1.82, 2.24) is 20.4 Å². The number of amides is 4. The van der Waals surface area contributed by atoms with Crippen molar-refractivity contribution >= 4 is 34.6 Å². The van der Waals surface area contributed by atoms with Crippen molar-refractivity contribution in [2.24, 2.45) is 0 Å². The summed E-state index contributed by atoms with van der Waals surface area (Å²) >= 11 is 0. The van der Waals surface area contributed by atoms with E-state index in [0.29, 0.717) is 26.0 Å². The van der Waals surface area contributed by atoms with Gasteiger partial charge in [-0.25, -0.2) is 4.79 Å². The standard InChI is InChI=1S/C42H56N4O6/c1-29(27-42(5,6)44-40(50)52-41(2,3)4)23-37(47)45(7)36(26-31-20-21-32-17-12-13-18-33(32)24-31)39(49)46(8)35(25-30-15-10-9-11-16-30)38(48)43-28-34-19-14-22-51-34/h9-13,15-18,20-21,23-24,34-36H,14,19,22,25-28H2,1-8H3,(H,43,48)(H,44,50)/t34?,35-,36-/m1/s1. The molecule has 1 heterocycles. The van der Waals surface area contributed by atoms with Crippen molar-refractivity contribution in [2.45, 2.75) is 103 Å². The maximum absolute atomic E-state index is 14.6. The molecule has 2 N–H and O–H groups in total. The number of hydrogen-bond acceptors (Lipinski definition) is 6. The third-order valence-electron chi connectivity index (χ3n) is 9.19. The van der Waals surface area contributed by atoms with E-state index in [4.69, 9.17) is 9.47 Å². The molecule has 0 bridgehead atoms. The maximum atomic E-state index is 14.6. The van der Waals surface area contributed by atoms with E-state index in [-0.39, 0.29) is 30.2 Å². The average Bonchev–Trinajstić information content (AvgIpc) is 3.60. The third-order valence-corrected chi connectivity index (χ3v) is 9.19. The number of likely N-dealkylation sites (N-methyl/N-ethyl adjacent to an activating group) is 2. The first-order chi connectivity index (χ1) is 24.5. The quantitative estimate of drug-likeness (QED) is 0.192. The molecule has 52 heavy (non-hydrogen) atoms. The minimum Gasteiger partial charge on any atom is -0.444 e. The van der Waals surface area contributed by atoms with Crippen molar-refractivity contribution < 1.29 is 28.7 Å². The minimum absolute atomic E-state index is 0.0499. The molecule has 1 aliphatic heterocycles. The van der Waals surface area contributed by atoms with Crippen LogP contribution in [-0.4, -0.2) is 90.2 Å². The van der Waals surface area contributed by atoms with Gasteiger partial charge in [0, 0.05) is 51.7 Å². The highest BCUT2D eigenvalue weighted by atomic mass is 16.6. The van der Waals surface area contributed by atoms with E-state index >= 15 is 0 Å². The van der Waals surface area contributed by atoms with Crippen LogP contribution in [0, 0.1) is 0 Å². The van der Waals surface area contributed by atoms with Gasteiger partial charge < -0.3 is 29.9 Å². The number of fused-ring (bicyclic) bond motifs is 1. The van der Waals surface area contributed by atoms with Gasteiger partial charge in [-0.2, -0.15) is 0 Å². The van der Waals surface area contributed by atoms with Crippen LogP contribution in [0.2, 0.25) is 0 Å². The molecule has 3 aromatic rings. The highest BCUT2D eigenvalue weighted by molar-refractivity contribution is 5.95. The van der Waals surface area contributed by atoms with Gasteiger partial charge in [-0.15, -0.1) is 0 Å². The zero-order chi connectivity index (χ0) is 38.1. The number of carbonyl (C=O) groups is 4. The summed E-state index contributed by atoms with van der Waals surface area (Å²) in [7, 11) is 3.26. The second kappa shape index (κ2) is 17.7. The fraction of sp³-hybridized carbons (Fsp3) is 0.476. The normalized spacial score (nSPS) is 16.2. The van der Waals surface area contributed by atoms with Crippen LogP contribution in [0.1, 0.15) is 71.9 Å². The van der Waals surface area contributed by atoms with Crippen LogP contribution in [0.4, 0.5) is 4.79 Å². The predicted molar refractivity (Wildman–Crippen MR) is 205 cm³/mol. The first-order valence-electron chi connectivity index (χ1n) is 18.1. The minimum atomic E-state index is -0.917. The number of carbonyl (C=O) groups excluding carboxylic acids is 4. The fourth-order valence-electron chi connectivity index (χ4n) is 6.59. The molecule has 1 unspecified atom stereocenters. The van der Waals surface area contributed by atoms with Gasteiger partial charge in [0.2, 0.25) is 17.7 Å². The lowest BCUT2D eigenvalue weighted by atomic mass is 9.95. The molecule has 0 saturated carbocycles. The SMILES string of the molecule is CC(=CC(=O)N(C)[C@H](Cc1ccc2ccccc2c1)C(=O)N(C)[C@H](Cc1ccccc1)C(=O)NCC1CCCO1)CC(C)(C)NC(=O)OC(C)(C)C.